The van der Waals surface area contributed by atoms with Gasteiger partial charge in [0.15, 0.2) is 0 Å². The highest BCUT2D eigenvalue weighted by molar-refractivity contribution is 7.20. The van der Waals surface area contributed by atoms with Crippen LogP contribution in [0.25, 0.3) is 10.2 Å². The minimum absolute atomic E-state index is 0.0724. The predicted octanol–water partition coefficient (Wildman–Crippen LogP) is 4.07. The number of likely N-dealkylation sites (tertiary alicyclic amines) is 1. The predicted molar refractivity (Wildman–Crippen MR) is 123 cm³/mol. The molecule has 1 aromatic carbocycles. The molecule has 10 heteroatoms. The van der Waals surface area contributed by atoms with Gasteiger partial charge in [0, 0.05) is 13.1 Å². The molecule has 1 fully saturated rings. The minimum Gasteiger partial charge on any atom is -0.341 e. The van der Waals surface area contributed by atoms with Crippen LogP contribution in [0.5, 0.6) is 0 Å². The fourth-order valence-electron chi connectivity index (χ4n) is 3.76. The summed E-state index contributed by atoms with van der Waals surface area (Å²) in [6, 6.07) is 3.67. The first kappa shape index (κ1) is 22.4. The van der Waals surface area contributed by atoms with E-state index in [2.05, 4.69) is 17.2 Å². The van der Waals surface area contributed by atoms with Gasteiger partial charge in [0.05, 0.1) is 27.3 Å². The summed E-state index contributed by atoms with van der Waals surface area (Å²) in [5.41, 5.74) is 0.384. The molecule has 1 N–H and O–H groups in total. The first-order chi connectivity index (χ1) is 15.2. The number of amides is 2. The van der Waals surface area contributed by atoms with Crippen LogP contribution < -0.4 is 10.9 Å². The summed E-state index contributed by atoms with van der Waals surface area (Å²) in [5.74, 6) is -0.493. The molecule has 0 radical (unpaired) electrons. The molecule has 32 heavy (non-hydrogen) atoms. The number of rotatable bonds is 4. The van der Waals surface area contributed by atoms with Gasteiger partial charge in [-0.2, -0.15) is 0 Å². The van der Waals surface area contributed by atoms with E-state index in [1.54, 1.807) is 11.8 Å². The molecule has 0 spiro atoms. The maximum absolute atomic E-state index is 13.3. The molecular formula is C22H22ClFN4O3S. The third-order valence-corrected chi connectivity index (χ3v) is 7.26. The van der Waals surface area contributed by atoms with Gasteiger partial charge >= 0.3 is 0 Å². The van der Waals surface area contributed by atoms with Crippen LogP contribution in [0, 0.1) is 18.7 Å². The Morgan fingerprint density at radius 2 is 2.03 bits per heavy atom. The van der Waals surface area contributed by atoms with Crippen LogP contribution in [0.3, 0.4) is 0 Å². The summed E-state index contributed by atoms with van der Waals surface area (Å²) in [4.78, 5) is 45.3. The lowest BCUT2D eigenvalue weighted by atomic mass is 9.99. The van der Waals surface area contributed by atoms with Crippen LogP contribution in [0.1, 0.15) is 35.0 Å². The normalized spacial score (nSPS) is 14.7. The summed E-state index contributed by atoms with van der Waals surface area (Å²) in [7, 11) is 0. The number of anilines is 1. The zero-order valence-electron chi connectivity index (χ0n) is 17.7. The van der Waals surface area contributed by atoms with Gasteiger partial charge in [-0.15, -0.1) is 11.3 Å². The van der Waals surface area contributed by atoms with Crippen LogP contribution in [-0.2, 0) is 11.3 Å². The Bertz CT molecular complexity index is 1260. The Labute approximate surface area is 192 Å². The Kier molecular flexibility index (Phi) is 6.30. The molecule has 3 aromatic rings. The highest BCUT2D eigenvalue weighted by atomic mass is 35.5. The summed E-state index contributed by atoms with van der Waals surface area (Å²) >= 11 is 7.07. The van der Waals surface area contributed by atoms with E-state index in [0.29, 0.717) is 39.7 Å². The lowest BCUT2D eigenvalue weighted by molar-refractivity contribution is -0.133. The lowest BCUT2D eigenvalue weighted by Gasteiger charge is -2.30. The Morgan fingerprint density at radius 3 is 2.72 bits per heavy atom. The van der Waals surface area contributed by atoms with Crippen molar-refractivity contribution in [3.63, 3.8) is 0 Å². The molecule has 7 nitrogen and oxygen atoms in total. The van der Waals surface area contributed by atoms with E-state index in [0.717, 1.165) is 30.2 Å². The van der Waals surface area contributed by atoms with Gasteiger partial charge in [0.1, 0.15) is 17.2 Å². The molecule has 0 unspecified atom stereocenters. The average molecular weight is 477 g/mol. The highest BCUT2D eigenvalue weighted by Gasteiger charge is 2.23. The van der Waals surface area contributed by atoms with Gasteiger partial charge in [0.2, 0.25) is 5.91 Å². The molecule has 3 heterocycles. The van der Waals surface area contributed by atoms with E-state index in [9.17, 15) is 18.8 Å². The first-order valence-electron chi connectivity index (χ1n) is 10.3. The van der Waals surface area contributed by atoms with Gasteiger partial charge in [-0.05, 0) is 49.4 Å². The zero-order chi connectivity index (χ0) is 23.0. The molecule has 2 aromatic heterocycles. The number of nitrogens with one attached hydrogen (secondary N) is 1. The van der Waals surface area contributed by atoms with Gasteiger partial charge < -0.3 is 10.2 Å². The monoisotopic (exact) mass is 476 g/mol. The summed E-state index contributed by atoms with van der Waals surface area (Å²) in [6.45, 7) is 5.14. The molecule has 2 amide bonds. The number of nitrogens with zero attached hydrogens (tertiary/aromatic N) is 3. The molecule has 0 aliphatic carbocycles. The van der Waals surface area contributed by atoms with E-state index in [-0.39, 0.29) is 28.7 Å². The fourth-order valence-corrected chi connectivity index (χ4v) is 5.01. The van der Waals surface area contributed by atoms with Crippen molar-refractivity contribution in [2.45, 2.75) is 33.2 Å². The van der Waals surface area contributed by atoms with Crippen LogP contribution in [-0.4, -0.2) is 39.4 Å². The van der Waals surface area contributed by atoms with Crippen molar-refractivity contribution in [1.82, 2.24) is 14.5 Å². The number of aromatic nitrogens is 2. The average Bonchev–Trinajstić information content (AvgIpc) is 3.10. The quantitative estimate of drug-likeness (QED) is 0.615. The van der Waals surface area contributed by atoms with Crippen LogP contribution in [0.4, 0.5) is 10.1 Å². The topological polar surface area (TPSA) is 84.3 Å². The van der Waals surface area contributed by atoms with Crippen molar-refractivity contribution in [1.29, 1.82) is 0 Å². The Hall–Kier alpha value is -2.78. The second-order valence-electron chi connectivity index (χ2n) is 8.06. The maximum Gasteiger partial charge on any atom is 0.266 e. The van der Waals surface area contributed by atoms with Crippen molar-refractivity contribution in [3.05, 3.63) is 56.2 Å². The number of thiophene rings is 1. The molecule has 1 saturated heterocycles. The number of piperidine rings is 1. The van der Waals surface area contributed by atoms with E-state index >= 15 is 0 Å². The van der Waals surface area contributed by atoms with Gasteiger partial charge in [-0.3, -0.25) is 19.0 Å². The Balaban J connectivity index is 1.58. The summed E-state index contributed by atoms with van der Waals surface area (Å²) in [5, 5.41) is 3.03. The molecule has 0 atom stereocenters. The second kappa shape index (κ2) is 8.99. The lowest BCUT2D eigenvalue weighted by Crippen LogP contribution is -2.41. The first-order valence-corrected chi connectivity index (χ1v) is 11.5. The summed E-state index contributed by atoms with van der Waals surface area (Å²) in [6.07, 6.45) is 3.26. The van der Waals surface area contributed by atoms with Crippen molar-refractivity contribution < 1.29 is 14.0 Å². The molecule has 0 bridgehead atoms. The molecule has 168 valence electrons. The number of carbonyl (C=O) groups is 2. The third kappa shape index (κ3) is 4.40. The van der Waals surface area contributed by atoms with Crippen molar-refractivity contribution in [2.75, 3.05) is 18.4 Å². The van der Waals surface area contributed by atoms with Crippen LogP contribution >= 0.6 is 22.9 Å². The second-order valence-corrected chi connectivity index (χ2v) is 9.46. The SMILES string of the molecule is Cc1c(C(=O)Nc2ccc(F)cc2Cl)sc2ncn(CC(=O)N3CCC(C)CC3)c(=O)c12. The van der Waals surface area contributed by atoms with E-state index in [4.69, 9.17) is 11.6 Å². The van der Waals surface area contributed by atoms with Gasteiger partial charge in [-0.25, -0.2) is 9.37 Å². The maximum atomic E-state index is 13.3. The number of hydrogen-bond acceptors (Lipinski definition) is 5. The zero-order valence-corrected chi connectivity index (χ0v) is 19.2. The molecule has 4 rings (SSSR count). The Morgan fingerprint density at radius 1 is 1.31 bits per heavy atom. The molecule has 1 aliphatic rings. The minimum atomic E-state index is -0.510. The van der Waals surface area contributed by atoms with Crippen molar-refractivity contribution in [2.24, 2.45) is 5.92 Å². The number of fused-ring (bicyclic) bond motifs is 1. The van der Waals surface area contributed by atoms with Gasteiger partial charge in [0.25, 0.3) is 11.5 Å². The molecule has 0 saturated carbocycles. The van der Waals surface area contributed by atoms with E-state index in [1.165, 1.54) is 23.0 Å². The number of halogens is 2. The van der Waals surface area contributed by atoms with E-state index in [1.807, 2.05) is 0 Å². The molecular weight excluding hydrogens is 455 g/mol. The smallest absolute Gasteiger partial charge is 0.266 e. The number of hydrogen-bond donors (Lipinski definition) is 1. The van der Waals surface area contributed by atoms with Crippen molar-refractivity contribution >= 4 is 50.7 Å². The highest BCUT2D eigenvalue weighted by Crippen LogP contribution is 2.29. The van der Waals surface area contributed by atoms with Crippen LogP contribution in [0.15, 0.2) is 29.3 Å². The number of aryl methyl sites for hydroxylation is 1. The van der Waals surface area contributed by atoms with Gasteiger partial charge in [-0.1, -0.05) is 18.5 Å². The number of benzene rings is 1. The molecule has 1 aliphatic heterocycles. The van der Waals surface area contributed by atoms with E-state index < -0.39 is 11.7 Å². The fraction of sp³-hybridized carbons (Fsp3) is 0.364. The largest absolute Gasteiger partial charge is 0.341 e. The van der Waals surface area contributed by atoms with Crippen molar-refractivity contribution in [3.8, 4) is 0 Å². The van der Waals surface area contributed by atoms with Crippen LogP contribution in [0.2, 0.25) is 5.02 Å². The standard InChI is InChI=1S/C22H22ClFN4O3S/c1-12-5-7-27(8-6-12)17(29)10-28-11-25-21-18(22(28)31)13(2)19(32-21)20(30)26-16-4-3-14(24)9-15(16)23/h3-4,9,11-12H,5-8,10H2,1-2H3,(H,26,30). The third-order valence-electron chi connectivity index (χ3n) is 5.74. The summed E-state index contributed by atoms with van der Waals surface area (Å²) < 4.78 is 14.5. The number of carbonyl (C=O) groups excluding carboxylic acids is 2.